The van der Waals surface area contributed by atoms with Gasteiger partial charge in [-0.2, -0.15) is 0 Å². The molecule has 1 amide bonds. The predicted molar refractivity (Wildman–Crippen MR) is 96.9 cm³/mol. The summed E-state index contributed by atoms with van der Waals surface area (Å²) in [4.78, 5) is 25.5. The molecule has 0 bridgehead atoms. The first-order valence-corrected chi connectivity index (χ1v) is 8.42. The Morgan fingerprint density at radius 1 is 1.04 bits per heavy atom. The highest BCUT2D eigenvalue weighted by Crippen LogP contribution is 2.25. The number of aliphatic carboxylic acids is 1. The van der Waals surface area contributed by atoms with Crippen molar-refractivity contribution in [2.45, 2.75) is 19.8 Å². The number of methoxy groups -OCH3 is 2. The van der Waals surface area contributed by atoms with Crippen LogP contribution in [0.3, 0.4) is 0 Å². The fraction of sp³-hybridized carbons (Fsp3) is 0.300. The van der Waals surface area contributed by atoms with E-state index in [4.69, 9.17) is 14.2 Å². The second kappa shape index (κ2) is 8.09. The lowest BCUT2D eigenvalue weighted by Crippen LogP contribution is -2.35. The molecule has 0 unspecified atom stereocenters. The Hall–Kier alpha value is -3.06. The van der Waals surface area contributed by atoms with Gasteiger partial charge in [0.15, 0.2) is 0 Å². The largest absolute Gasteiger partial charge is 0.497 e. The van der Waals surface area contributed by atoms with E-state index in [2.05, 4.69) is 0 Å². The lowest BCUT2D eigenvalue weighted by molar-refractivity contribution is -0.137. The molecule has 3 rings (SSSR count). The van der Waals surface area contributed by atoms with Gasteiger partial charge in [-0.15, -0.1) is 0 Å². The van der Waals surface area contributed by atoms with Gasteiger partial charge in [-0.05, 0) is 41.0 Å². The lowest BCUT2D eigenvalue weighted by Gasteiger charge is -2.22. The second-order valence-electron chi connectivity index (χ2n) is 6.25. The van der Waals surface area contributed by atoms with Gasteiger partial charge < -0.3 is 24.2 Å². The number of carboxylic acids is 1. The number of hydrogen-bond acceptors (Lipinski definition) is 5. The van der Waals surface area contributed by atoms with Gasteiger partial charge in [0.1, 0.15) is 18.0 Å². The first-order valence-electron chi connectivity index (χ1n) is 8.42. The number of rotatable bonds is 7. The number of ether oxygens (including phenoxy) is 3. The van der Waals surface area contributed by atoms with Crippen molar-refractivity contribution in [3.63, 3.8) is 0 Å². The minimum atomic E-state index is -1.08. The van der Waals surface area contributed by atoms with Gasteiger partial charge in [0, 0.05) is 18.2 Å². The molecule has 7 heteroatoms. The van der Waals surface area contributed by atoms with Crippen LogP contribution in [0, 0.1) is 0 Å². The van der Waals surface area contributed by atoms with Crippen molar-refractivity contribution in [3.05, 3.63) is 58.7 Å². The Bertz CT molecular complexity index is 841. The zero-order chi connectivity index (χ0) is 19.4. The molecule has 0 fully saturated rings. The van der Waals surface area contributed by atoms with Gasteiger partial charge in [-0.25, -0.2) is 0 Å². The molecular formula is C20H21NO6. The lowest BCUT2D eigenvalue weighted by atomic mass is 10.1. The molecule has 142 valence electrons. The number of carbonyl (C=O) groups is 2. The summed E-state index contributed by atoms with van der Waals surface area (Å²) in [6.45, 7) is 0.701. The summed E-state index contributed by atoms with van der Waals surface area (Å²) < 4.78 is 15.9. The topological polar surface area (TPSA) is 85.3 Å². The Morgan fingerprint density at radius 3 is 2.33 bits per heavy atom. The maximum atomic E-state index is 13.0. The van der Waals surface area contributed by atoms with E-state index in [-0.39, 0.29) is 12.5 Å². The first-order chi connectivity index (χ1) is 13.0. The van der Waals surface area contributed by atoms with E-state index in [1.54, 1.807) is 30.3 Å². The van der Waals surface area contributed by atoms with Crippen LogP contribution in [0.5, 0.6) is 11.5 Å². The quantitative estimate of drug-likeness (QED) is 0.805. The number of carboxylic acid groups (broad SMARTS) is 1. The van der Waals surface area contributed by atoms with Crippen molar-refractivity contribution in [2.24, 2.45) is 0 Å². The second-order valence-corrected chi connectivity index (χ2v) is 6.25. The van der Waals surface area contributed by atoms with Crippen LogP contribution in [0.2, 0.25) is 0 Å². The molecule has 0 aliphatic carbocycles. The minimum Gasteiger partial charge on any atom is -0.497 e. The molecule has 2 aromatic carbocycles. The Kier molecular flexibility index (Phi) is 5.61. The van der Waals surface area contributed by atoms with Crippen LogP contribution in [0.15, 0.2) is 36.4 Å². The van der Waals surface area contributed by atoms with Crippen LogP contribution < -0.4 is 9.47 Å². The van der Waals surface area contributed by atoms with E-state index in [1.165, 1.54) is 19.1 Å². The summed E-state index contributed by atoms with van der Waals surface area (Å²) in [6, 6.07) is 10.5. The van der Waals surface area contributed by atoms with Crippen LogP contribution in [0.4, 0.5) is 0 Å². The predicted octanol–water partition coefficient (Wildman–Crippen LogP) is 2.46. The molecule has 27 heavy (non-hydrogen) atoms. The highest BCUT2D eigenvalue weighted by Gasteiger charge is 2.22. The van der Waals surface area contributed by atoms with Crippen molar-refractivity contribution in [2.75, 3.05) is 20.8 Å². The van der Waals surface area contributed by atoms with Crippen LogP contribution in [-0.2, 0) is 29.3 Å². The van der Waals surface area contributed by atoms with Gasteiger partial charge >= 0.3 is 5.97 Å². The standard InChI is InChI=1S/C20H21NO6/c1-25-17-5-13(6-18(8-17)26-2)9-21(10-19(22)23)20(24)14-3-4-15-11-27-12-16(15)7-14/h3-8H,9-12H2,1-2H3,(H,22,23). The van der Waals surface area contributed by atoms with Crippen molar-refractivity contribution < 1.29 is 28.9 Å². The van der Waals surface area contributed by atoms with Crippen LogP contribution in [-0.4, -0.2) is 42.6 Å². The van der Waals surface area contributed by atoms with Gasteiger partial charge in [-0.3, -0.25) is 9.59 Å². The third kappa shape index (κ3) is 4.38. The fourth-order valence-corrected chi connectivity index (χ4v) is 3.03. The van der Waals surface area contributed by atoms with Crippen molar-refractivity contribution in [1.29, 1.82) is 0 Å². The number of hydrogen-bond donors (Lipinski definition) is 1. The number of fused-ring (bicyclic) bond motifs is 1. The van der Waals surface area contributed by atoms with E-state index < -0.39 is 12.5 Å². The molecule has 0 radical (unpaired) electrons. The Balaban J connectivity index is 1.87. The third-order valence-corrected chi connectivity index (χ3v) is 4.37. The van der Waals surface area contributed by atoms with Gasteiger partial charge in [-0.1, -0.05) is 6.07 Å². The van der Waals surface area contributed by atoms with Gasteiger partial charge in [0.25, 0.3) is 5.91 Å². The molecule has 0 aromatic heterocycles. The normalized spacial score (nSPS) is 12.4. The molecule has 0 saturated heterocycles. The number of benzene rings is 2. The van der Waals surface area contributed by atoms with Crippen molar-refractivity contribution in [3.8, 4) is 11.5 Å². The number of carbonyl (C=O) groups excluding carboxylic acids is 1. The maximum absolute atomic E-state index is 13.0. The zero-order valence-electron chi connectivity index (χ0n) is 15.2. The van der Waals surface area contributed by atoms with Crippen molar-refractivity contribution in [1.82, 2.24) is 4.90 Å². The monoisotopic (exact) mass is 371 g/mol. The molecule has 1 aliphatic heterocycles. The van der Waals surface area contributed by atoms with E-state index in [1.807, 2.05) is 6.07 Å². The Morgan fingerprint density at radius 2 is 1.70 bits per heavy atom. The van der Waals surface area contributed by atoms with Crippen molar-refractivity contribution >= 4 is 11.9 Å². The van der Waals surface area contributed by atoms with Crippen LogP contribution in [0.1, 0.15) is 27.0 Å². The number of amides is 1. The molecule has 0 atom stereocenters. The molecule has 0 spiro atoms. The number of nitrogens with zero attached hydrogens (tertiary/aromatic N) is 1. The molecule has 1 N–H and O–H groups in total. The highest BCUT2D eigenvalue weighted by atomic mass is 16.5. The van der Waals surface area contributed by atoms with Crippen LogP contribution >= 0.6 is 0 Å². The average molecular weight is 371 g/mol. The van der Waals surface area contributed by atoms with Gasteiger partial charge in [0.05, 0.1) is 27.4 Å². The van der Waals surface area contributed by atoms with E-state index in [0.717, 1.165) is 11.1 Å². The molecule has 1 heterocycles. The minimum absolute atomic E-state index is 0.117. The fourth-order valence-electron chi connectivity index (χ4n) is 3.03. The smallest absolute Gasteiger partial charge is 0.323 e. The summed E-state index contributed by atoms with van der Waals surface area (Å²) in [5.41, 5.74) is 3.16. The summed E-state index contributed by atoms with van der Waals surface area (Å²) in [5, 5.41) is 9.25. The van der Waals surface area contributed by atoms with E-state index in [0.29, 0.717) is 35.8 Å². The molecule has 0 saturated carbocycles. The zero-order valence-corrected chi connectivity index (χ0v) is 15.2. The van der Waals surface area contributed by atoms with Crippen LogP contribution in [0.25, 0.3) is 0 Å². The average Bonchev–Trinajstić information content (AvgIpc) is 3.13. The SMILES string of the molecule is COc1cc(CN(CC(=O)O)C(=O)c2ccc3c(c2)COC3)cc(OC)c1. The van der Waals surface area contributed by atoms with Gasteiger partial charge in [0.2, 0.25) is 0 Å². The summed E-state index contributed by atoms with van der Waals surface area (Å²) in [6.07, 6.45) is 0. The van der Waals surface area contributed by atoms with E-state index in [9.17, 15) is 14.7 Å². The molecular weight excluding hydrogens is 350 g/mol. The molecule has 7 nitrogen and oxygen atoms in total. The summed E-state index contributed by atoms with van der Waals surface area (Å²) >= 11 is 0. The van der Waals surface area contributed by atoms with E-state index >= 15 is 0 Å². The summed E-state index contributed by atoms with van der Waals surface area (Å²) in [7, 11) is 3.07. The maximum Gasteiger partial charge on any atom is 0.323 e. The Labute approximate surface area is 157 Å². The molecule has 2 aromatic rings. The first kappa shape index (κ1) is 18.7. The summed E-state index contributed by atoms with van der Waals surface area (Å²) in [5.74, 6) is -0.292. The third-order valence-electron chi connectivity index (χ3n) is 4.37. The molecule has 1 aliphatic rings. The highest BCUT2D eigenvalue weighted by molar-refractivity contribution is 5.96.